The molecule has 0 fully saturated rings. The van der Waals surface area contributed by atoms with Gasteiger partial charge in [0.2, 0.25) is 0 Å². The van der Waals surface area contributed by atoms with E-state index in [0.717, 1.165) is 16.6 Å². The molecule has 2 aromatic carbocycles. The van der Waals surface area contributed by atoms with Crippen LogP contribution in [-0.4, -0.2) is 17.5 Å². The van der Waals surface area contributed by atoms with Crippen LogP contribution in [0.4, 0.5) is 5.69 Å². The number of hydrogen-bond donors (Lipinski definition) is 1. The van der Waals surface area contributed by atoms with Gasteiger partial charge in [0.25, 0.3) is 5.91 Å². The Morgan fingerprint density at radius 3 is 2.78 bits per heavy atom. The van der Waals surface area contributed by atoms with E-state index in [2.05, 4.69) is 10.3 Å². The molecule has 0 aliphatic rings. The molecule has 0 saturated carbocycles. The molecule has 1 heterocycles. The van der Waals surface area contributed by atoms with Crippen LogP contribution in [0.15, 0.2) is 54.6 Å². The lowest BCUT2D eigenvalue weighted by Gasteiger charge is -2.10. The van der Waals surface area contributed by atoms with Crippen molar-refractivity contribution in [1.29, 1.82) is 0 Å². The van der Waals surface area contributed by atoms with Crippen molar-refractivity contribution in [1.82, 2.24) is 4.98 Å². The van der Waals surface area contributed by atoms with Crippen molar-refractivity contribution in [2.24, 2.45) is 0 Å². The van der Waals surface area contributed by atoms with E-state index in [0.29, 0.717) is 16.5 Å². The molecule has 0 radical (unpaired) electrons. The predicted molar refractivity (Wildman–Crippen MR) is 92.1 cm³/mol. The lowest BCUT2D eigenvalue weighted by Crippen LogP contribution is -2.20. The molecule has 1 amide bonds. The summed E-state index contributed by atoms with van der Waals surface area (Å²) >= 11 is 6.02. The van der Waals surface area contributed by atoms with Crippen LogP contribution in [0.25, 0.3) is 10.9 Å². The number of nitrogens with zero attached hydrogens (tertiary/aromatic N) is 1. The zero-order chi connectivity index (χ0) is 16.2. The maximum Gasteiger partial charge on any atom is 0.262 e. The van der Waals surface area contributed by atoms with Crippen molar-refractivity contribution in [3.63, 3.8) is 0 Å². The van der Waals surface area contributed by atoms with Crippen molar-refractivity contribution < 1.29 is 9.53 Å². The third-order valence-electron chi connectivity index (χ3n) is 3.33. The fourth-order valence-corrected chi connectivity index (χ4v) is 2.41. The van der Waals surface area contributed by atoms with Crippen LogP contribution in [0.5, 0.6) is 5.75 Å². The van der Waals surface area contributed by atoms with Crippen LogP contribution >= 0.6 is 11.6 Å². The van der Waals surface area contributed by atoms with Gasteiger partial charge in [-0.25, -0.2) is 4.98 Å². The molecular formula is C18H15ClN2O2. The average Bonchev–Trinajstić information content (AvgIpc) is 2.55. The molecule has 116 valence electrons. The van der Waals surface area contributed by atoms with E-state index in [4.69, 9.17) is 16.3 Å². The van der Waals surface area contributed by atoms with Crippen LogP contribution in [0.3, 0.4) is 0 Å². The lowest BCUT2D eigenvalue weighted by molar-refractivity contribution is -0.118. The number of carbonyl (C=O) groups is 1. The smallest absolute Gasteiger partial charge is 0.262 e. The van der Waals surface area contributed by atoms with E-state index in [-0.39, 0.29) is 12.5 Å². The number of rotatable bonds is 4. The largest absolute Gasteiger partial charge is 0.481 e. The third kappa shape index (κ3) is 3.60. The number of pyridine rings is 1. The number of fused-ring (bicyclic) bond motifs is 1. The fraction of sp³-hybridized carbons (Fsp3) is 0.111. The highest BCUT2D eigenvalue weighted by atomic mass is 35.5. The Balaban J connectivity index is 1.72. The van der Waals surface area contributed by atoms with Gasteiger partial charge in [-0.3, -0.25) is 4.79 Å². The van der Waals surface area contributed by atoms with E-state index < -0.39 is 0 Å². The summed E-state index contributed by atoms with van der Waals surface area (Å²) in [5, 5.41) is 4.18. The number of carbonyl (C=O) groups excluding carboxylic acids is 1. The summed E-state index contributed by atoms with van der Waals surface area (Å²) in [6.07, 6.45) is 0. The van der Waals surface area contributed by atoms with E-state index in [1.165, 1.54) is 0 Å². The first kappa shape index (κ1) is 15.3. The topological polar surface area (TPSA) is 51.2 Å². The van der Waals surface area contributed by atoms with Gasteiger partial charge in [-0.15, -0.1) is 0 Å². The first-order chi connectivity index (χ1) is 11.1. The minimum Gasteiger partial charge on any atom is -0.481 e. The van der Waals surface area contributed by atoms with E-state index in [1.54, 1.807) is 30.3 Å². The predicted octanol–water partition coefficient (Wildman–Crippen LogP) is 4.21. The standard InChI is InChI=1S/C18H15ClN2O2/c1-12-9-10-13-5-4-8-16(18(13)20-12)23-11-17(22)21-15-7-3-2-6-14(15)19/h2-10H,11H2,1H3,(H,21,22). The van der Waals surface area contributed by atoms with Gasteiger partial charge in [-0.2, -0.15) is 0 Å². The fourth-order valence-electron chi connectivity index (χ4n) is 2.23. The molecule has 0 aliphatic carbocycles. The summed E-state index contributed by atoms with van der Waals surface area (Å²) in [7, 11) is 0. The maximum absolute atomic E-state index is 12.0. The molecule has 0 spiro atoms. The van der Waals surface area contributed by atoms with Gasteiger partial charge >= 0.3 is 0 Å². The van der Waals surface area contributed by atoms with Crippen molar-refractivity contribution in [2.75, 3.05) is 11.9 Å². The zero-order valence-electron chi connectivity index (χ0n) is 12.5. The average molecular weight is 327 g/mol. The van der Waals surface area contributed by atoms with Crippen LogP contribution in [-0.2, 0) is 4.79 Å². The molecule has 0 bridgehead atoms. The molecule has 5 heteroatoms. The second-order valence-electron chi connectivity index (χ2n) is 5.10. The quantitative estimate of drug-likeness (QED) is 0.781. The Hall–Kier alpha value is -2.59. The second kappa shape index (κ2) is 6.67. The summed E-state index contributed by atoms with van der Waals surface area (Å²) in [5.41, 5.74) is 2.21. The number of para-hydroxylation sites is 2. The minimum absolute atomic E-state index is 0.111. The molecule has 23 heavy (non-hydrogen) atoms. The van der Waals surface area contributed by atoms with E-state index in [9.17, 15) is 4.79 Å². The van der Waals surface area contributed by atoms with Crippen LogP contribution in [0.1, 0.15) is 5.69 Å². The lowest BCUT2D eigenvalue weighted by atomic mass is 10.2. The van der Waals surface area contributed by atoms with Crippen LogP contribution in [0.2, 0.25) is 5.02 Å². The highest BCUT2D eigenvalue weighted by Gasteiger charge is 2.09. The van der Waals surface area contributed by atoms with Gasteiger partial charge < -0.3 is 10.1 Å². The Morgan fingerprint density at radius 2 is 1.96 bits per heavy atom. The molecule has 0 atom stereocenters. The van der Waals surface area contributed by atoms with Gasteiger partial charge in [-0.05, 0) is 31.2 Å². The number of aromatic nitrogens is 1. The van der Waals surface area contributed by atoms with Crippen molar-refractivity contribution in [2.45, 2.75) is 6.92 Å². The van der Waals surface area contributed by atoms with Crippen molar-refractivity contribution in [3.8, 4) is 5.75 Å². The molecule has 1 aromatic heterocycles. The Kier molecular flexibility index (Phi) is 4.44. The van der Waals surface area contributed by atoms with Crippen molar-refractivity contribution >= 4 is 34.1 Å². The zero-order valence-corrected chi connectivity index (χ0v) is 13.3. The number of halogens is 1. The number of nitrogens with one attached hydrogen (secondary N) is 1. The number of amides is 1. The van der Waals surface area contributed by atoms with Crippen LogP contribution < -0.4 is 10.1 Å². The summed E-state index contributed by atoms with van der Waals surface area (Å²) in [6.45, 7) is 1.81. The van der Waals surface area contributed by atoms with Gasteiger partial charge in [0.05, 0.1) is 10.7 Å². The second-order valence-corrected chi connectivity index (χ2v) is 5.50. The summed E-state index contributed by atoms with van der Waals surface area (Å²) in [4.78, 5) is 16.5. The summed E-state index contributed by atoms with van der Waals surface area (Å²) in [6, 6.07) is 16.6. The molecule has 0 saturated heterocycles. The van der Waals surface area contributed by atoms with Gasteiger partial charge in [0.15, 0.2) is 6.61 Å². The Bertz CT molecular complexity index is 865. The highest BCUT2D eigenvalue weighted by molar-refractivity contribution is 6.33. The first-order valence-corrected chi connectivity index (χ1v) is 7.55. The Labute approximate surface area is 139 Å². The molecule has 4 nitrogen and oxygen atoms in total. The molecule has 0 unspecified atom stereocenters. The van der Waals surface area contributed by atoms with Gasteiger partial charge in [0, 0.05) is 11.1 Å². The minimum atomic E-state index is -0.275. The van der Waals surface area contributed by atoms with Gasteiger partial charge in [-0.1, -0.05) is 41.9 Å². The number of anilines is 1. The number of hydrogen-bond acceptors (Lipinski definition) is 3. The summed E-state index contributed by atoms with van der Waals surface area (Å²) in [5.74, 6) is 0.309. The SMILES string of the molecule is Cc1ccc2cccc(OCC(=O)Nc3ccccc3Cl)c2n1. The normalized spacial score (nSPS) is 10.5. The number of aryl methyl sites for hydroxylation is 1. The van der Waals surface area contributed by atoms with E-state index in [1.807, 2.05) is 31.2 Å². The van der Waals surface area contributed by atoms with Gasteiger partial charge in [0.1, 0.15) is 11.3 Å². The highest BCUT2D eigenvalue weighted by Crippen LogP contribution is 2.24. The molecule has 1 N–H and O–H groups in total. The number of ether oxygens (including phenoxy) is 1. The monoisotopic (exact) mass is 326 g/mol. The molecule has 3 rings (SSSR count). The molecule has 3 aromatic rings. The van der Waals surface area contributed by atoms with Crippen LogP contribution in [0, 0.1) is 6.92 Å². The third-order valence-corrected chi connectivity index (χ3v) is 3.66. The molecule has 0 aliphatic heterocycles. The molecular weight excluding hydrogens is 312 g/mol. The van der Waals surface area contributed by atoms with E-state index >= 15 is 0 Å². The van der Waals surface area contributed by atoms with Crippen molar-refractivity contribution in [3.05, 3.63) is 65.3 Å². The Morgan fingerprint density at radius 1 is 1.13 bits per heavy atom. The first-order valence-electron chi connectivity index (χ1n) is 7.17. The summed E-state index contributed by atoms with van der Waals surface area (Å²) < 4.78 is 5.63. The number of benzene rings is 2. The maximum atomic E-state index is 12.0.